The molecule has 0 aromatic carbocycles. The summed E-state index contributed by atoms with van der Waals surface area (Å²) in [6.45, 7) is 4.92. The second-order valence-corrected chi connectivity index (χ2v) is 9.36. The van der Waals surface area contributed by atoms with E-state index in [2.05, 4.69) is 27.4 Å². The highest BCUT2D eigenvalue weighted by molar-refractivity contribution is 14.0. The maximum Gasteiger partial charge on any atom is 0.243 e. The van der Waals surface area contributed by atoms with Gasteiger partial charge in [0.2, 0.25) is 5.91 Å². The van der Waals surface area contributed by atoms with Crippen LogP contribution in [0.5, 0.6) is 0 Å². The van der Waals surface area contributed by atoms with E-state index in [1.165, 1.54) is 77.3 Å². The Kier molecular flexibility index (Phi) is 10.5. The van der Waals surface area contributed by atoms with Crippen molar-refractivity contribution in [2.75, 3.05) is 33.7 Å². The smallest absolute Gasteiger partial charge is 0.243 e. The first-order chi connectivity index (χ1) is 13.5. The zero-order valence-corrected chi connectivity index (χ0v) is 21.0. The molecular weight excluding hydrogens is 477 g/mol. The van der Waals surface area contributed by atoms with E-state index in [9.17, 15) is 4.79 Å². The molecule has 1 amide bonds. The van der Waals surface area contributed by atoms with Crippen LogP contribution < -0.4 is 10.6 Å². The van der Waals surface area contributed by atoms with Gasteiger partial charge in [-0.05, 0) is 44.4 Å². The number of nitrogens with zero attached hydrogens (tertiary/aromatic N) is 3. The molecule has 0 spiro atoms. The number of carbonyl (C=O) groups excluding carboxylic acids is 1. The quantitative estimate of drug-likeness (QED) is 0.333. The Balaban J connectivity index is 0.00000300. The number of rotatable bonds is 5. The van der Waals surface area contributed by atoms with E-state index in [4.69, 9.17) is 0 Å². The Labute approximate surface area is 194 Å². The average molecular weight is 520 g/mol. The van der Waals surface area contributed by atoms with Crippen molar-refractivity contribution in [1.82, 2.24) is 20.4 Å². The number of hydrogen-bond donors (Lipinski definition) is 2. The molecule has 2 unspecified atom stereocenters. The maximum absolute atomic E-state index is 12.0. The molecule has 2 aliphatic carbocycles. The van der Waals surface area contributed by atoms with Crippen LogP contribution in [0.2, 0.25) is 0 Å². The van der Waals surface area contributed by atoms with Crippen molar-refractivity contribution in [1.29, 1.82) is 0 Å². The predicted molar refractivity (Wildman–Crippen MR) is 131 cm³/mol. The van der Waals surface area contributed by atoms with E-state index in [1.54, 1.807) is 19.0 Å². The number of nitrogens with one attached hydrogen (secondary N) is 2. The van der Waals surface area contributed by atoms with Crippen LogP contribution in [0.25, 0.3) is 0 Å². The number of hydrogen-bond acceptors (Lipinski definition) is 3. The largest absolute Gasteiger partial charge is 0.354 e. The van der Waals surface area contributed by atoms with Gasteiger partial charge in [-0.15, -0.1) is 24.0 Å². The molecule has 3 rings (SSSR count). The van der Waals surface area contributed by atoms with Crippen LogP contribution in [-0.4, -0.2) is 73.5 Å². The van der Waals surface area contributed by atoms with Gasteiger partial charge in [0.1, 0.15) is 6.54 Å². The molecule has 1 saturated heterocycles. The number of aliphatic imine (C=N–C) groups is 1. The van der Waals surface area contributed by atoms with E-state index in [-0.39, 0.29) is 36.4 Å². The zero-order chi connectivity index (χ0) is 19.9. The van der Waals surface area contributed by atoms with Gasteiger partial charge in [-0.25, -0.2) is 4.99 Å². The zero-order valence-electron chi connectivity index (χ0n) is 18.7. The number of carbonyl (C=O) groups is 1. The molecule has 1 aliphatic heterocycles. The fourth-order valence-electron chi connectivity index (χ4n) is 5.00. The molecule has 2 atom stereocenters. The van der Waals surface area contributed by atoms with Gasteiger partial charge in [-0.2, -0.15) is 0 Å². The van der Waals surface area contributed by atoms with E-state index in [0.29, 0.717) is 18.0 Å². The van der Waals surface area contributed by atoms with Crippen molar-refractivity contribution in [2.45, 2.75) is 89.3 Å². The number of likely N-dealkylation sites (N-methyl/N-ethyl adjacent to an activating group) is 1. The Bertz CT molecular complexity index is 527. The Morgan fingerprint density at radius 1 is 0.966 bits per heavy atom. The number of piperidine rings is 1. The first kappa shape index (κ1) is 24.7. The normalized spacial score (nSPS) is 27.3. The van der Waals surface area contributed by atoms with Gasteiger partial charge in [-0.3, -0.25) is 4.79 Å². The molecule has 2 saturated carbocycles. The van der Waals surface area contributed by atoms with Gasteiger partial charge < -0.3 is 20.4 Å². The summed E-state index contributed by atoms with van der Waals surface area (Å²) in [5, 5.41) is 7.34. The van der Waals surface area contributed by atoms with Crippen LogP contribution in [0, 0.1) is 5.92 Å². The third-order valence-electron chi connectivity index (χ3n) is 7.02. The van der Waals surface area contributed by atoms with E-state index in [0.717, 1.165) is 12.0 Å². The summed E-state index contributed by atoms with van der Waals surface area (Å²) in [5.41, 5.74) is 0. The molecule has 0 aromatic heterocycles. The molecule has 0 aromatic rings. The molecule has 3 aliphatic rings. The topological polar surface area (TPSA) is 60.0 Å². The first-order valence-corrected chi connectivity index (χ1v) is 11.5. The van der Waals surface area contributed by atoms with Crippen LogP contribution >= 0.6 is 24.0 Å². The molecule has 0 bridgehead atoms. The molecule has 3 fully saturated rings. The number of guanidine groups is 1. The van der Waals surface area contributed by atoms with Crippen molar-refractivity contribution < 1.29 is 4.79 Å². The second-order valence-electron chi connectivity index (χ2n) is 9.36. The third-order valence-corrected chi connectivity index (χ3v) is 7.02. The molecule has 2 N–H and O–H groups in total. The molecule has 29 heavy (non-hydrogen) atoms. The number of halogens is 1. The molecule has 7 heteroatoms. The Morgan fingerprint density at radius 3 is 2.21 bits per heavy atom. The van der Waals surface area contributed by atoms with Crippen LogP contribution in [0.3, 0.4) is 0 Å². The van der Waals surface area contributed by atoms with Crippen LogP contribution in [0.1, 0.15) is 71.1 Å². The van der Waals surface area contributed by atoms with Gasteiger partial charge in [0, 0.05) is 45.3 Å². The summed E-state index contributed by atoms with van der Waals surface area (Å²) < 4.78 is 0. The average Bonchev–Trinajstić information content (AvgIpc) is 3.23. The van der Waals surface area contributed by atoms with Crippen molar-refractivity contribution in [3.05, 3.63) is 0 Å². The predicted octanol–water partition coefficient (Wildman–Crippen LogP) is 3.21. The van der Waals surface area contributed by atoms with Crippen molar-refractivity contribution in [3.8, 4) is 0 Å². The molecule has 6 nitrogen and oxygen atoms in total. The highest BCUT2D eigenvalue weighted by atomic mass is 127. The highest BCUT2D eigenvalue weighted by Gasteiger charge is 2.28. The van der Waals surface area contributed by atoms with E-state index in [1.807, 2.05) is 0 Å². The van der Waals surface area contributed by atoms with Crippen LogP contribution in [-0.2, 0) is 4.79 Å². The monoisotopic (exact) mass is 519 g/mol. The van der Waals surface area contributed by atoms with Crippen LogP contribution in [0.15, 0.2) is 4.99 Å². The lowest BCUT2D eigenvalue weighted by molar-refractivity contribution is -0.127. The molecular formula is C22H42IN5O. The fraction of sp³-hybridized carbons (Fsp3) is 0.909. The van der Waals surface area contributed by atoms with Crippen LogP contribution in [0.4, 0.5) is 0 Å². The summed E-state index contributed by atoms with van der Waals surface area (Å²) in [6.07, 6.45) is 13.0. The van der Waals surface area contributed by atoms with Crippen molar-refractivity contribution in [2.24, 2.45) is 10.9 Å². The Morgan fingerprint density at radius 2 is 1.59 bits per heavy atom. The third kappa shape index (κ3) is 7.56. The lowest BCUT2D eigenvalue weighted by atomic mass is 9.86. The van der Waals surface area contributed by atoms with E-state index < -0.39 is 0 Å². The minimum atomic E-state index is 0. The maximum atomic E-state index is 12.0. The summed E-state index contributed by atoms with van der Waals surface area (Å²) in [4.78, 5) is 21.0. The number of amides is 1. The highest BCUT2D eigenvalue weighted by Crippen LogP contribution is 2.26. The Hall–Kier alpha value is -0.570. The summed E-state index contributed by atoms with van der Waals surface area (Å²) in [6, 6.07) is 1.75. The summed E-state index contributed by atoms with van der Waals surface area (Å²) in [7, 11) is 3.58. The molecule has 168 valence electrons. The fourth-order valence-corrected chi connectivity index (χ4v) is 5.00. The lowest BCUT2D eigenvalue weighted by Crippen LogP contribution is -2.53. The minimum Gasteiger partial charge on any atom is -0.354 e. The van der Waals surface area contributed by atoms with Gasteiger partial charge in [0.25, 0.3) is 0 Å². The first-order valence-electron chi connectivity index (χ1n) is 11.5. The number of likely N-dealkylation sites (tertiary alicyclic amines) is 1. The summed E-state index contributed by atoms with van der Waals surface area (Å²) >= 11 is 0. The minimum absolute atomic E-state index is 0. The molecule has 1 heterocycles. The van der Waals surface area contributed by atoms with Crippen molar-refractivity contribution in [3.63, 3.8) is 0 Å². The van der Waals surface area contributed by atoms with Gasteiger partial charge in [0.15, 0.2) is 5.96 Å². The molecule has 0 radical (unpaired) electrons. The van der Waals surface area contributed by atoms with Gasteiger partial charge in [-0.1, -0.05) is 32.6 Å². The summed E-state index contributed by atoms with van der Waals surface area (Å²) in [5.74, 6) is 1.55. The SMILES string of the molecule is CC1CCCCC1NC(=NCC(=O)N(C)C)NC1CCN(C2CCCC2)CC1.I. The van der Waals surface area contributed by atoms with Crippen molar-refractivity contribution >= 4 is 35.8 Å². The standard InChI is InChI=1S/C22H41N5O.HI/c1-17-8-4-7-11-20(17)25-22(23-16-21(28)26(2)3)24-18-12-14-27(15-13-18)19-9-5-6-10-19;/h17-20H,4-16H2,1-3H3,(H2,23,24,25);1H. The van der Waals surface area contributed by atoms with E-state index >= 15 is 0 Å². The van der Waals surface area contributed by atoms with Gasteiger partial charge in [0.05, 0.1) is 0 Å². The second kappa shape index (κ2) is 12.3. The van der Waals surface area contributed by atoms with Gasteiger partial charge >= 0.3 is 0 Å². The lowest BCUT2D eigenvalue weighted by Gasteiger charge is -2.37.